The van der Waals surface area contributed by atoms with Crippen molar-refractivity contribution in [1.29, 1.82) is 0 Å². The van der Waals surface area contributed by atoms with E-state index in [4.69, 9.17) is 0 Å². The first-order valence-corrected chi connectivity index (χ1v) is 13.4. The number of hydrogen-bond donors (Lipinski definition) is 2. The molecule has 0 bridgehead atoms. The second kappa shape index (κ2) is 10.4. The van der Waals surface area contributed by atoms with E-state index in [9.17, 15) is 19.2 Å². The number of H-pyrrole nitrogens is 1. The molecule has 36 heavy (non-hydrogen) atoms. The highest BCUT2D eigenvalue weighted by Crippen LogP contribution is 2.43. The van der Waals surface area contributed by atoms with E-state index in [-0.39, 0.29) is 35.2 Å². The minimum Gasteiger partial charge on any atom is -0.357 e. The van der Waals surface area contributed by atoms with Gasteiger partial charge in [0.05, 0.1) is 6.04 Å². The number of Topliss-reactive ketones (excluding diaryl/α,β-unsaturated/α-hetero) is 2. The van der Waals surface area contributed by atoms with Crippen LogP contribution in [-0.2, 0) is 14.4 Å². The molecule has 1 aliphatic heterocycles. The van der Waals surface area contributed by atoms with Crippen molar-refractivity contribution in [2.45, 2.75) is 70.4 Å². The van der Waals surface area contributed by atoms with Crippen LogP contribution < -0.4 is 5.32 Å². The Morgan fingerprint density at radius 1 is 1.08 bits per heavy atom. The summed E-state index contributed by atoms with van der Waals surface area (Å²) < 4.78 is 0. The molecule has 0 unspecified atom stereocenters. The van der Waals surface area contributed by atoms with Crippen LogP contribution in [0.15, 0.2) is 42.6 Å². The average molecular weight is 490 g/mol. The van der Waals surface area contributed by atoms with Gasteiger partial charge in [0.25, 0.3) is 5.91 Å². The van der Waals surface area contributed by atoms with E-state index in [2.05, 4.69) is 10.3 Å². The number of amides is 2. The van der Waals surface area contributed by atoms with E-state index in [0.717, 1.165) is 43.2 Å². The van der Waals surface area contributed by atoms with Gasteiger partial charge in [0, 0.05) is 31.5 Å². The Kier molecular flexibility index (Phi) is 7.08. The van der Waals surface area contributed by atoms with Crippen molar-refractivity contribution >= 4 is 23.4 Å². The van der Waals surface area contributed by atoms with Crippen molar-refractivity contribution in [3.05, 3.63) is 48.3 Å². The van der Waals surface area contributed by atoms with E-state index in [1.54, 1.807) is 11.8 Å². The van der Waals surface area contributed by atoms with Gasteiger partial charge in [0.2, 0.25) is 5.91 Å². The van der Waals surface area contributed by atoms with Gasteiger partial charge in [0.1, 0.15) is 17.5 Å². The summed E-state index contributed by atoms with van der Waals surface area (Å²) in [5, 5.41) is 2.99. The number of rotatable bonds is 8. The first-order valence-electron chi connectivity index (χ1n) is 13.4. The second-order valence-electron chi connectivity index (χ2n) is 10.6. The van der Waals surface area contributed by atoms with Crippen LogP contribution in [0, 0.1) is 17.8 Å². The van der Waals surface area contributed by atoms with Gasteiger partial charge in [-0.15, -0.1) is 0 Å². The van der Waals surface area contributed by atoms with Crippen LogP contribution in [0.5, 0.6) is 0 Å². The predicted octanol–water partition coefficient (Wildman–Crippen LogP) is 4.15. The fourth-order valence-electron chi connectivity index (χ4n) is 6.52. The number of likely N-dealkylation sites (tertiary alicyclic amines) is 1. The standard InChI is InChI=1S/C29H35N3O4/c1-2-25(33)23(14-19-10-7-13-26(19)34)31-28(35)27-22-12-6-11-20(22)17-32(27)29(36)24-15-21(16-30-24)18-8-4-3-5-9-18/h3-5,8-9,15-16,19-20,22-23,27,30H,2,6-7,10-14,17H2,1H3,(H,31,35)/t19-,20-,22-,23-,27-/m0/s1. The van der Waals surface area contributed by atoms with E-state index in [1.165, 1.54) is 0 Å². The number of nitrogens with one attached hydrogen (secondary N) is 2. The van der Waals surface area contributed by atoms with Gasteiger partial charge in [-0.25, -0.2) is 0 Å². The van der Waals surface area contributed by atoms with Gasteiger partial charge in [-0.3, -0.25) is 19.2 Å². The quantitative estimate of drug-likeness (QED) is 0.582. The van der Waals surface area contributed by atoms with Crippen LogP contribution in [0.25, 0.3) is 11.1 Å². The van der Waals surface area contributed by atoms with Gasteiger partial charge in [0.15, 0.2) is 5.78 Å². The molecular formula is C29H35N3O4. The maximum atomic E-state index is 13.7. The van der Waals surface area contributed by atoms with Crippen LogP contribution in [-0.4, -0.2) is 51.9 Å². The summed E-state index contributed by atoms with van der Waals surface area (Å²) in [6, 6.07) is 10.4. The van der Waals surface area contributed by atoms with E-state index >= 15 is 0 Å². The Labute approximate surface area is 212 Å². The predicted molar refractivity (Wildman–Crippen MR) is 136 cm³/mol. The number of carbonyl (C=O) groups is 4. The summed E-state index contributed by atoms with van der Waals surface area (Å²) >= 11 is 0. The molecule has 2 heterocycles. The smallest absolute Gasteiger partial charge is 0.270 e. The van der Waals surface area contributed by atoms with Crippen LogP contribution in [0.1, 0.15) is 68.8 Å². The molecule has 1 aromatic heterocycles. The van der Waals surface area contributed by atoms with Gasteiger partial charge in [-0.1, -0.05) is 43.7 Å². The highest BCUT2D eigenvalue weighted by Gasteiger charge is 2.50. The SMILES string of the molecule is CCC(=O)[C@H](C[C@@H]1CCCC1=O)NC(=O)[C@@H]1[C@H]2CCC[C@H]2CN1C(=O)c1cc(-c2ccccc2)c[nH]1. The lowest BCUT2D eigenvalue weighted by atomic mass is 9.91. The summed E-state index contributed by atoms with van der Waals surface area (Å²) in [7, 11) is 0. The third-order valence-electron chi connectivity index (χ3n) is 8.45. The van der Waals surface area contributed by atoms with Crippen LogP contribution >= 0.6 is 0 Å². The lowest BCUT2D eigenvalue weighted by Gasteiger charge is -2.29. The fraction of sp³-hybridized carbons (Fsp3) is 0.517. The van der Waals surface area contributed by atoms with E-state index in [1.807, 2.05) is 42.6 Å². The fourth-order valence-corrected chi connectivity index (χ4v) is 6.52. The number of hydrogen-bond acceptors (Lipinski definition) is 4. The zero-order chi connectivity index (χ0) is 25.2. The van der Waals surface area contributed by atoms with Gasteiger partial charge >= 0.3 is 0 Å². The van der Waals surface area contributed by atoms with E-state index < -0.39 is 12.1 Å². The molecule has 7 nitrogen and oxygen atoms in total. The Hall–Kier alpha value is -3.22. The molecule has 5 rings (SSSR count). The Balaban J connectivity index is 1.35. The molecule has 3 fully saturated rings. The van der Waals surface area contributed by atoms with Crippen LogP contribution in [0.4, 0.5) is 0 Å². The third kappa shape index (κ3) is 4.75. The molecule has 0 radical (unpaired) electrons. The summed E-state index contributed by atoms with van der Waals surface area (Å²) in [6.45, 7) is 2.33. The number of ketones is 2. The van der Waals surface area contributed by atoms with Crippen molar-refractivity contribution in [2.24, 2.45) is 17.8 Å². The van der Waals surface area contributed by atoms with E-state index in [0.29, 0.717) is 37.4 Å². The largest absolute Gasteiger partial charge is 0.357 e. The van der Waals surface area contributed by atoms with Gasteiger partial charge < -0.3 is 15.2 Å². The molecule has 7 heteroatoms. The Morgan fingerprint density at radius 3 is 2.61 bits per heavy atom. The molecule has 2 aromatic rings. The maximum Gasteiger partial charge on any atom is 0.270 e. The van der Waals surface area contributed by atoms with Crippen molar-refractivity contribution in [2.75, 3.05) is 6.54 Å². The van der Waals surface area contributed by atoms with Crippen molar-refractivity contribution in [3.8, 4) is 11.1 Å². The molecule has 3 aliphatic rings. The third-order valence-corrected chi connectivity index (χ3v) is 8.45. The zero-order valence-corrected chi connectivity index (χ0v) is 20.9. The molecule has 1 saturated heterocycles. The highest BCUT2D eigenvalue weighted by molar-refractivity contribution is 5.99. The normalized spacial score (nSPS) is 26.1. The minimum atomic E-state index is -0.679. The zero-order valence-electron chi connectivity index (χ0n) is 20.9. The lowest BCUT2D eigenvalue weighted by molar-refractivity contribution is -0.131. The average Bonchev–Trinajstić information content (AvgIpc) is 3.68. The number of carbonyl (C=O) groups excluding carboxylic acids is 4. The number of nitrogens with zero attached hydrogens (tertiary/aromatic N) is 1. The monoisotopic (exact) mass is 489 g/mol. The van der Waals surface area contributed by atoms with Crippen molar-refractivity contribution < 1.29 is 19.2 Å². The topological polar surface area (TPSA) is 99.3 Å². The molecule has 5 atom stereocenters. The lowest BCUT2D eigenvalue weighted by Crippen LogP contribution is -2.53. The molecule has 2 amide bonds. The molecular weight excluding hydrogens is 454 g/mol. The molecule has 2 aliphatic carbocycles. The molecule has 0 spiro atoms. The van der Waals surface area contributed by atoms with Crippen LogP contribution in [0.2, 0.25) is 0 Å². The van der Waals surface area contributed by atoms with Crippen molar-refractivity contribution in [1.82, 2.24) is 15.2 Å². The number of aromatic amines is 1. The molecule has 2 saturated carbocycles. The highest BCUT2D eigenvalue weighted by atomic mass is 16.2. The molecule has 190 valence electrons. The van der Waals surface area contributed by atoms with Crippen molar-refractivity contribution in [3.63, 3.8) is 0 Å². The number of benzene rings is 1. The molecule has 2 N–H and O–H groups in total. The van der Waals surface area contributed by atoms with Gasteiger partial charge in [-0.2, -0.15) is 0 Å². The summed E-state index contributed by atoms with van der Waals surface area (Å²) in [5.74, 6) is -0.0815. The maximum absolute atomic E-state index is 13.7. The van der Waals surface area contributed by atoms with Crippen LogP contribution in [0.3, 0.4) is 0 Å². The molecule has 1 aromatic carbocycles. The summed E-state index contributed by atoms with van der Waals surface area (Å²) in [4.78, 5) is 57.1. The number of fused-ring (bicyclic) bond motifs is 1. The summed E-state index contributed by atoms with van der Waals surface area (Å²) in [5.41, 5.74) is 2.40. The number of aromatic nitrogens is 1. The Morgan fingerprint density at radius 2 is 1.89 bits per heavy atom. The minimum absolute atomic E-state index is 0.0567. The van der Waals surface area contributed by atoms with Gasteiger partial charge in [-0.05, 0) is 61.1 Å². The summed E-state index contributed by atoms with van der Waals surface area (Å²) in [6.07, 6.45) is 7.63. The Bertz CT molecular complexity index is 1140. The second-order valence-corrected chi connectivity index (χ2v) is 10.6. The first kappa shape index (κ1) is 24.5. The first-order chi connectivity index (χ1) is 17.5.